The Morgan fingerprint density at radius 1 is 1.32 bits per heavy atom. The van der Waals surface area contributed by atoms with Crippen LogP contribution < -0.4 is 5.32 Å². The summed E-state index contributed by atoms with van der Waals surface area (Å²) in [5, 5.41) is 7.14. The number of rotatable bonds is 3. The molecule has 4 rings (SSSR count). The number of likely N-dealkylation sites (tertiary alicyclic amines) is 1. The number of anilines is 1. The fourth-order valence-corrected chi connectivity index (χ4v) is 4.08. The van der Waals surface area contributed by atoms with Crippen LogP contribution >= 0.6 is 0 Å². The summed E-state index contributed by atoms with van der Waals surface area (Å²) in [5.41, 5.74) is 2.19. The van der Waals surface area contributed by atoms with Gasteiger partial charge in [-0.1, -0.05) is 23.4 Å². The van der Waals surface area contributed by atoms with E-state index < -0.39 is 0 Å². The second-order valence-electron chi connectivity index (χ2n) is 7.14. The summed E-state index contributed by atoms with van der Waals surface area (Å²) < 4.78 is 5.08. The number of amides is 1. The largest absolute Gasteiger partial charge is 0.340 e. The highest BCUT2D eigenvalue weighted by Crippen LogP contribution is 2.27. The van der Waals surface area contributed by atoms with Gasteiger partial charge in [0.25, 0.3) is 0 Å². The van der Waals surface area contributed by atoms with Crippen LogP contribution in [-0.4, -0.2) is 40.1 Å². The second kappa shape index (κ2) is 6.96. The number of benzene rings is 1. The van der Waals surface area contributed by atoms with Gasteiger partial charge >= 0.3 is 0 Å². The minimum absolute atomic E-state index is 0.0535. The molecule has 1 N–H and O–H groups in total. The van der Waals surface area contributed by atoms with E-state index in [1.165, 1.54) is 5.56 Å². The molecule has 1 amide bonds. The first-order valence-electron chi connectivity index (χ1n) is 9.11. The van der Waals surface area contributed by atoms with E-state index in [0.29, 0.717) is 11.8 Å². The first-order valence-corrected chi connectivity index (χ1v) is 9.11. The van der Waals surface area contributed by atoms with Crippen LogP contribution in [0.1, 0.15) is 36.5 Å². The Balaban J connectivity index is 1.43. The molecule has 0 saturated carbocycles. The smallest absolute Gasteiger partial charge is 0.241 e. The van der Waals surface area contributed by atoms with Crippen LogP contribution in [0.3, 0.4) is 0 Å². The molecule has 132 valence electrons. The molecule has 0 radical (unpaired) electrons. The summed E-state index contributed by atoms with van der Waals surface area (Å²) >= 11 is 0. The van der Waals surface area contributed by atoms with Gasteiger partial charge in [-0.3, -0.25) is 9.69 Å². The molecular weight excluding hydrogens is 316 g/mol. The number of aryl methyl sites for hydroxylation is 2. The van der Waals surface area contributed by atoms with Gasteiger partial charge in [0.15, 0.2) is 5.82 Å². The van der Waals surface area contributed by atoms with E-state index in [0.717, 1.165) is 56.7 Å². The first kappa shape index (κ1) is 16.3. The zero-order valence-electron chi connectivity index (χ0n) is 14.6. The highest BCUT2D eigenvalue weighted by atomic mass is 16.5. The highest BCUT2D eigenvalue weighted by Gasteiger charge is 2.32. The minimum Gasteiger partial charge on any atom is -0.340 e. The maximum absolute atomic E-state index is 12.8. The van der Waals surface area contributed by atoms with Crippen LogP contribution in [0.15, 0.2) is 28.8 Å². The van der Waals surface area contributed by atoms with Gasteiger partial charge in [-0.2, -0.15) is 4.98 Å². The Morgan fingerprint density at radius 2 is 2.20 bits per heavy atom. The Hall–Kier alpha value is -2.21. The van der Waals surface area contributed by atoms with Gasteiger partial charge in [0.05, 0.1) is 6.04 Å². The first-order chi connectivity index (χ1) is 12.2. The van der Waals surface area contributed by atoms with Crippen LogP contribution in [0.25, 0.3) is 0 Å². The maximum atomic E-state index is 12.8. The van der Waals surface area contributed by atoms with Gasteiger partial charge in [-0.25, -0.2) is 0 Å². The van der Waals surface area contributed by atoms with E-state index in [-0.39, 0.29) is 11.9 Å². The van der Waals surface area contributed by atoms with Gasteiger partial charge in [-0.15, -0.1) is 0 Å². The molecule has 2 aliphatic heterocycles. The molecule has 1 fully saturated rings. The highest BCUT2D eigenvalue weighted by molar-refractivity contribution is 5.96. The van der Waals surface area contributed by atoms with Gasteiger partial charge in [0.2, 0.25) is 11.8 Å². The van der Waals surface area contributed by atoms with E-state index >= 15 is 0 Å². The standard InChI is InChI=1S/C19H24N4O2/c1-13-20-18(22-25-13)11-14-5-4-10-23(12-14)17-9-8-15-6-2-3-7-16(15)21-19(17)24/h2-3,6-7,14,17H,4-5,8-12H2,1H3,(H,21,24). The number of carbonyl (C=O) groups is 1. The molecule has 0 spiro atoms. The third kappa shape index (κ3) is 3.58. The second-order valence-corrected chi connectivity index (χ2v) is 7.14. The number of hydrogen-bond donors (Lipinski definition) is 1. The zero-order chi connectivity index (χ0) is 17.2. The van der Waals surface area contributed by atoms with Crippen molar-refractivity contribution in [2.75, 3.05) is 18.4 Å². The van der Waals surface area contributed by atoms with Crippen molar-refractivity contribution in [1.29, 1.82) is 0 Å². The third-order valence-electron chi connectivity index (χ3n) is 5.30. The van der Waals surface area contributed by atoms with Crippen molar-refractivity contribution in [1.82, 2.24) is 15.0 Å². The summed E-state index contributed by atoms with van der Waals surface area (Å²) in [6, 6.07) is 8.06. The van der Waals surface area contributed by atoms with Gasteiger partial charge in [-0.05, 0) is 49.8 Å². The Bertz CT molecular complexity index is 757. The summed E-state index contributed by atoms with van der Waals surface area (Å²) in [6.07, 6.45) is 4.89. The molecule has 2 atom stereocenters. The normalized spacial score (nSPS) is 24.4. The van der Waals surface area contributed by atoms with Crippen LogP contribution in [0.4, 0.5) is 5.69 Å². The van der Waals surface area contributed by atoms with Crippen molar-refractivity contribution >= 4 is 11.6 Å². The van der Waals surface area contributed by atoms with E-state index in [1.807, 2.05) is 25.1 Å². The van der Waals surface area contributed by atoms with Crippen molar-refractivity contribution in [3.05, 3.63) is 41.5 Å². The predicted molar refractivity (Wildman–Crippen MR) is 94.2 cm³/mol. The van der Waals surface area contributed by atoms with Crippen molar-refractivity contribution in [2.24, 2.45) is 5.92 Å². The van der Waals surface area contributed by atoms with Crippen LogP contribution in [0.2, 0.25) is 0 Å². The maximum Gasteiger partial charge on any atom is 0.241 e. The molecule has 6 heteroatoms. The van der Waals surface area contributed by atoms with Crippen LogP contribution in [0, 0.1) is 12.8 Å². The summed E-state index contributed by atoms with van der Waals surface area (Å²) in [5.74, 6) is 2.00. The van der Waals surface area contributed by atoms with Crippen molar-refractivity contribution in [2.45, 2.75) is 45.1 Å². The van der Waals surface area contributed by atoms with Gasteiger partial charge < -0.3 is 9.84 Å². The summed E-state index contributed by atoms with van der Waals surface area (Å²) in [6.45, 7) is 3.72. The lowest BCUT2D eigenvalue weighted by Crippen LogP contribution is -2.48. The fourth-order valence-electron chi connectivity index (χ4n) is 4.08. The molecule has 1 aromatic carbocycles. The number of para-hydroxylation sites is 1. The SMILES string of the molecule is Cc1nc(CC2CCCN(C3CCc4ccccc4NC3=O)C2)no1. The lowest BCUT2D eigenvalue weighted by atomic mass is 9.92. The van der Waals surface area contributed by atoms with Gasteiger partial charge in [0, 0.05) is 25.6 Å². The molecule has 25 heavy (non-hydrogen) atoms. The monoisotopic (exact) mass is 340 g/mol. The Morgan fingerprint density at radius 3 is 3.04 bits per heavy atom. The molecule has 1 aromatic heterocycles. The Kier molecular flexibility index (Phi) is 4.53. The lowest BCUT2D eigenvalue weighted by molar-refractivity contribution is -0.122. The molecule has 0 bridgehead atoms. The van der Waals surface area contributed by atoms with Crippen LogP contribution in [-0.2, 0) is 17.6 Å². The molecule has 2 aliphatic rings. The van der Waals surface area contributed by atoms with Crippen LogP contribution in [0.5, 0.6) is 0 Å². The molecule has 2 aromatic rings. The van der Waals surface area contributed by atoms with E-state index in [4.69, 9.17) is 4.52 Å². The summed E-state index contributed by atoms with van der Waals surface area (Å²) in [7, 11) is 0. The number of fused-ring (bicyclic) bond motifs is 1. The third-order valence-corrected chi connectivity index (χ3v) is 5.30. The predicted octanol–water partition coefficient (Wildman–Crippen LogP) is 2.59. The number of aromatic nitrogens is 2. The average molecular weight is 340 g/mol. The fraction of sp³-hybridized carbons (Fsp3) is 0.526. The average Bonchev–Trinajstić information content (AvgIpc) is 2.93. The topological polar surface area (TPSA) is 71.3 Å². The van der Waals surface area contributed by atoms with Crippen molar-refractivity contribution < 1.29 is 9.32 Å². The van der Waals surface area contributed by atoms with Crippen molar-refractivity contribution in [3.63, 3.8) is 0 Å². The van der Waals surface area contributed by atoms with Gasteiger partial charge in [0.1, 0.15) is 0 Å². The van der Waals surface area contributed by atoms with Crippen molar-refractivity contribution in [3.8, 4) is 0 Å². The molecule has 0 aliphatic carbocycles. The quantitative estimate of drug-likeness (QED) is 0.930. The number of carbonyl (C=O) groups excluding carboxylic acids is 1. The number of nitrogens with one attached hydrogen (secondary N) is 1. The van der Waals surface area contributed by atoms with E-state index in [1.54, 1.807) is 0 Å². The number of piperidine rings is 1. The molecule has 2 unspecified atom stereocenters. The number of nitrogens with zero attached hydrogens (tertiary/aromatic N) is 3. The Labute approximate surface area is 147 Å². The number of hydrogen-bond acceptors (Lipinski definition) is 5. The molecular formula is C19H24N4O2. The molecule has 3 heterocycles. The van der Waals surface area contributed by atoms with E-state index in [9.17, 15) is 4.79 Å². The lowest BCUT2D eigenvalue weighted by Gasteiger charge is -2.36. The molecule has 1 saturated heterocycles. The van der Waals surface area contributed by atoms with E-state index in [2.05, 4.69) is 26.4 Å². The minimum atomic E-state index is -0.0535. The molecule has 6 nitrogen and oxygen atoms in total. The zero-order valence-corrected chi connectivity index (χ0v) is 14.6. The summed E-state index contributed by atoms with van der Waals surface area (Å²) in [4.78, 5) is 19.4.